The molecule has 4 rings (SSSR count). The van der Waals surface area contributed by atoms with E-state index in [0.717, 1.165) is 66.4 Å². The van der Waals surface area contributed by atoms with Crippen molar-refractivity contribution in [3.05, 3.63) is 59.3 Å². The maximum Gasteiger partial charge on any atom is 0.434 e. The Labute approximate surface area is 152 Å². The van der Waals surface area contributed by atoms with Gasteiger partial charge in [-0.05, 0) is 61.6 Å². The third-order valence-electron chi connectivity index (χ3n) is 4.70. The molecule has 27 heavy (non-hydrogen) atoms. The van der Waals surface area contributed by atoms with Gasteiger partial charge in [-0.2, -0.15) is 28.5 Å². The molecule has 0 fully saturated rings. The summed E-state index contributed by atoms with van der Waals surface area (Å²) in [5, 5.41) is 12.1. The van der Waals surface area contributed by atoms with Crippen molar-refractivity contribution < 1.29 is 17.6 Å². The monoisotopic (exact) mass is 376 g/mol. The molecule has 2 heterocycles. The minimum Gasteiger partial charge on any atom is -0.228 e. The van der Waals surface area contributed by atoms with E-state index in [1.54, 1.807) is 6.07 Å². The lowest BCUT2D eigenvalue weighted by atomic mass is 10.1. The molecule has 0 saturated heterocycles. The number of nitrogens with zero attached hydrogens (tertiary/aromatic N) is 4. The van der Waals surface area contributed by atoms with E-state index in [9.17, 15) is 17.6 Å². The third-order valence-corrected chi connectivity index (χ3v) is 4.70. The van der Waals surface area contributed by atoms with Gasteiger partial charge in [-0.3, -0.25) is 0 Å². The molecule has 1 aliphatic carbocycles. The van der Waals surface area contributed by atoms with Gasteiger partial charge in [0.1, 0.15) is 5.82 Å². The number of aryl methyl sites for hydroxylation is 2. The molecule has 0 spiro atoms. The normalized spacial score (nSPS) is 14.7. The molecule has 0 atom stereocenters. The van der Waals surface area contributed by atoms with Crippen LogP contribution < -0.4 is 0 Å². The highest BCUT2D eigenvalue weighted by molar-refractivity contribution is 5.64. The van der Waals surface area contributed by atoms with Gasteiger partial charge in [0.25, 0.3) is 0 Å². The number of halogens is 4. The lowest BCUT2D eigenvalue weighted by molar-refractivity contribution is -0.142. The molecule has 0 N–H and O–H groups in total. The fourth-order valence-corrected chi connectivity index (χ4v) is 3.39. The van der Waals surface area contributed by atoms with Crippen LogP contribution in [-0.4, -0.2) is 20.0 Å². The third kappa shape index (κ3) is 3.43. The molecule has 1 aromatic carbocycles. The fourth-order valence-electron chi connectivity index (χ4n) is 3.39. The molecule has 0 amide bonds. The first kappa shape index (κ1) is 17.6. The molecule has 0 bridgehead atoms. The first-order chi connectivity index (χ1) is 12.9. The Morgan fingerprint density at radius 3 is 2.41 bits per heavy atom. The zero-order chi connectivity index (χ0) is 19.0. The van der Waals surface area contributed by atoms with E-state index < -0.39 is 17.7 Å². The van der Waals surface area contributed by atoms with E-state index >= 15 is 0 Å². The Kier molecular flexibility index (Phi) is 4.41. The second-order valence-electron chi connectivity index (χ2n) is 6.56. The summed E-state index contributed by atoms with van der Waals surface area (Å²) in [7, 11) is 0. The molecule has 1 aliphatic rings. The Balaban J connectivity index is 1.84. The van der Waals surface area contributed by atoms with Crippen molar-refractivity contribution in [2.24, 2.45) is 0 Å². The Bertz CT molecular complexity index is 961. The number of benzene rings is 1. The first-order valence-corrected chi connectivity index (χ1v) is 8.70. The minimum absolute atomic E-state index is 0.123. The second kappa shape index (κ2) is 6.75. The van der Waals surface area contributed by atoms with Crippen molar-refractivity contribution in [2.45, 2.75) is 38.3 Å². The van der Waals surface area contributed by atoms with Crippen LogP contribution in [0.2, 0.25) is 0 Å². The molecular weight excluding hydrogens is 360 g/mol. The van der Waals surface area contributed by atoms with Crippen LogP contribution in [0, 0.1) is 5.82 Å². The molecule has 0 unspecified atom stereocenters. The number of fused-ring (bicyclic) bond motifs is 1. The summed E-state index contributed by atoms with van der Waals surface area (Å²) in [4.78, 5) is 0. The van der Waals surface area contributed by atoms with Crippen molar-refractivity contribution in [3.8, 4) is 16.9 Å². The smallest absolute Gasteiger partial charge is 0.228 e. The Hall–Kier alpha value is -2.77. The molecule has 0 aliphatic heterocycles. The number of hydrogen-bond acceptors (Lipinski definition) is 3. The average molecular weight is 376 g/mol. The van der Waals surface area contributed by atoms with Crippen molar-refractivity contribution in [2.75, 3.05) is 0 Å². The van der Waals surface area contributed by atoms with Crippen LogP contribution in [0.1, 0.15) is 36.2 Å². The van der Waals surface area contributed by atoms with E-state index in [2.05, 4.69) is 15.3 Å². The molecule has 0 saturated carbocycles. The predicted octanol–water partition coefficient (Wildman–Crippen LogP) is 4.76. The molecule has 140 valence electrons. The highest BCUT2D eigenvalue weighted by atomic mass is 19.4. The Morgan fingerprint density at radius 1 is 0.926 bits per heavy atom. The van der Waals surface area contributed by atoms with Gasteiger partial charge in [0.2, 0.25) is 0 Å². The number of hydrogen-bond donors (Lipinski definition) is 0. The van der Waals surface area contributed by atoms with E-state index in [1.165, 1.54) is 12.1 Å². The maximum atomic E-state index is 13.8. The summed E-state index contributed by atoms with van der Waals surface area (Å²) in [5.74, 6) is -0.531. The molecule has 2 aromatic heterocycles. The van der Waals surface area contributed by atoms with Crippen molar-refractivity contribution >= 4 is 0 Å². The lowest BCUT2D eigenvalue weighted by Gasteiger charge is -2.13. The van der Waals surface area contributed by atoms with Gasteiger partial charge in [-0.15, -0.1) is 0 Å². The van der Waals surface area contributed by atoms with Crippen molar-refractivity contribution in [1.29, 1.82) is 0 Å². The zero-order valence-corrected chi connectivity index (χ0v) is 14.3. The first-order valence-electron chi connectivity index (χ1n) is 8.70. The van der Waals surface area contributed by atoms with Gasteiger partial charge >= 0.3 is 6.18 Å². The van der Waals surface area contributed by atoms with Crippen LogP contribution in [0.15, 0.2) is 36.5 Å². The number of aromatic nitrogens is 4. The molecular formula is C19H16F4N4. The molecule has 0 radical (unpaired) electrons. The molecule has 4 nitrogen and oxygen atoms in total. The van der Waals surface area contributed by atoms with Crippen LogP contribution in [0.5, 0.6) is 0 Å². The largest absolute Gasteiger partial charge is 0.434 e. The van der Waals surface area contributed by atoms with Gasteiger partial charge in [0, 0.05) is 0 Å². The van der Waals surface area contributed by atoms with Crippen molar-refractivity contribution in [1.82, 2.24) is 20.0 Å². The van der Waals surface area contributed by atoms with Crippen LogP contribution in [0.3, 0.4) is 0 Å². The van der Waals surface area contributed by atoms with E-state index in [-0.39, 0.29) is 16.9 Å². The second-order valence-corrected chi connectivity index (χ2v) is 6.56. The van der Waals surface area contributed by atoms with Gasteiger partial charge in [0.15, 0.2) is 5.69 Å². The fraction of sp³-hybridized carbons (Fsp3) is 0.316. The minimum atomic E-state index is -4.66. The highest BCUT2D eigenvalue weighted by Gasteiger charge is 2.39. The summed E-state index contributed by atoms with van der Waals surface area (Å²) in [5.41, 5.74) is 0.994. The van der Waals surface area contributed by atoms with Crippen LogP contribution >= 0.6 is 0 Å². The average Bonchev–Trinajstić information content (AvgIpc) is 2.95. The lowest BCUT2D eigenvalue weighted by Crippen LogP contribution is -2.15. The van der Waals surface area contributed by atoms with E-state index in [1.807, 2.05) is 0 Å². The summed E-state index contributed by atoms with van der Waals surface area (Å²) >= 11 is 0. The standard InChI is InChI=1S/C19H16F4N4/c20-13-6-8-14(9-7-13)27-18(19(21,22)23)15(11-24-27)17-10-12-4-2-1-3-5-16(12)25-26-17/h6-11H,1-5H2. The topological polar surface area (TPSA) is 43.6 Å². The highest BCUT2D eigenvalue weighted by Crippen LogP contribution is 2.38. The molecule has 3 aromatic rings. The quantitative estimate of drug-likeness (QED) is 0.479. The van der Waals surface area contributed by atoms with Crippen LogP contribution in [0.25, 0.3) is 16.9 Å². The van der Waals surface area contributed by atoms with Crippen LogP contribution in [-0.2, 0) is 19.0 Å². The summed E-state index contributed by atoms with van der Waals surface area (Å²) in [6, 6.07) is 6.39. The zero-order valence-electron chi connectivity index (χ0n) is 14.3. The molecule has 8 heteroatoms. The van der Waals surface area contributed by atoms with Gasteiger partial charge < -0.3 is 0 Å². The van der Waals surface area contributed by atoms with E-state index in [4.69, 9.17) is 0 Å². The summed E-state index contributed by atoms with van der Waals surface area (Å²) < 4.78 is 55.3. The van der Waals surface area contributed by atoms with Gasteiger partial charge in [0.05, 0.1) is 28.8 Å². The maximum absolute atomic E-state index is 13.8. The van der Waals surface area contributed by atoms with Crippen molar-refractivity contribution in [3.63, 3.8) is 0 Å². The van der Waals surface area contributed by atoms with Gasteiger partial charge in [-0.1, -0.05) is 6.42 Å². The predicted molar refractivity (Wildman–Crippen MR) is 90.8 cm³/mol. The summed E-state index contributed by atoms with van der Waals surface area (Å²) in [6.45, 7) is 0. The Morgan fingerprint density at radius 2 is 1.67 bits per heavy atom. The van der Waals surface area contributed by atoms with E-state index in [0.29, 0.717) is 0 Å². The number of alkyl halides is 3. The van der Waals surface area contributed by atoms with Gasteiger partial charge in [-0.25, -0.2) is 9.07 Å². The SMILES string of the molecule is Fc1ccc(-n2ncc(-c3cc4c(nn3)CCCCC4)c2C(F)(F)F)cc1. The van der Waals surface area contributed by atoms with Crippen LogP contribution in [0.4, 0.5) is 17.6 Å². The number of rotatable bonds is 2. The summed E-state index contributed by atoms with van der Waals surface area (Å²) in [6.07, 6.45) is 1.13.